The van der Waals surface area contributed by atoms with Gasteiger partial charge in [-0.05, 0) is 106 Å². The zero-order valence-corrected chi connectivity index (χ0v) is 32.3. The number of carbonyl (C=O) groups excluding carboxylic acids is 1. The van der Waals surface area contributed by atoms with Gasteiger partial charge in [0.05, 0.1) is 6.61 Å². The van der Waals surface area contributed by atoms with Gasteiger partial charge in [-0.2, -0.15) is 0 Å². The van der Waals surface area contributed by atoms with Crippen molar-refractivity contribution in [1.29, 1.82) is 0 Å². The van der Waals surface area contributed by atoms with E-state index in [2.05, 4.69) is 155 Å². The van der Waals surface area contributed by atoms with Crippen LogP contribution in [0.25, 0.3) is 0 Å². The highest BCUT2D eigenvalue weighted by Crippen LogP contribution is 2.51. The number of carbonyl (C=O) groups is 1. The van der Waals surface area contributed by atoms with Crippen LogP contribution in [0.5, 0.6) is 0 Å². The van der Waals surface area contributed by atoms with Crippen LogP contribution in [-0.2, 0) is 9.22 Å². The van der Waals surface area contributed by atoms with Crippen molar-refractivity contribution in [2.75, 3.05) is 6.61 Å². The molecule has 2 aromatic carbocycles. The van der Waals surface area contributed by atoms with Crippen LogP contribution >= 0.6 is 22.6 Å². The average molecular weight is 737 g/mol. The lowest BCUT2D eigenvalue weighted by molar-refractivity contribution is -0.117. The molecule has 1 fully saturated rings. The Bertz CT molecular complexity index is 1310. The molecule has 0 aromatic heterocycles. The molecule has 0 amide bonds. The van der Waals surface area contributed by atoms with Crippen LogP contribution in [0.1, 0.15) is 93.9 Å². The predicted octanol–water partition coefficient (Wildman–Crippen LogP) is 10.5. The van der Waals surface area contributed by atoms with Crippen molar-refractivity contribution in [2.45, 2.75) is 99.0 Å². The third-order valence-corrected chi connectivity index (χ3v) is 17.2. The summed E-state index contributed by atoms with van der Waals surface area (Å²) in [5.41, 5.74) is 4.05. The van der Waals surface area contributed by atoms with Gasteiger partial charge in [0.25, 0.3) is 8.32 Å². The third-order valence-electron chi connectivity index (χ3n) is 11.2. The van der Waals surface area contributed by atoms with E-state index in [1.165, 1.54) is 39.8 Å². The quantitative estimate of drug-likeness (QED) is 0.116. The van der Waals surface area contributed by atoms with Crippen LogP contribution < -0.4 is 10.4 Å². The molecule has 0 bridgehead atoms. The molecule has 1 saturated carbocycles. The second-order valence-corrected chi connectivity index (χ2v) is 20.5. The van der Waals surface area contributed by atoms with Gasteiger partial charge in [0, 0.05) is 5.41 Å². The van der Waals surface area contributed by atoms with E-state index in [0.29, 0.717) is 36.2 Å². The van der Waals surface area contributed by atoms with Gasteiger partial charge in [0.2, 0.25) is 0 Å². The molecule has 5 atom stereocenters. The summed E-state index contributed by atoms with van der Waals surface area (Å²) in [6.07, 6.45) is 12.8. The largest absolute Gasteiger partial charge is 0.403 e. The molecule has 2 aliphatic rings. The van der Waals surface area contributed by atoms with Gasteiger partial charge in [-0.25, -0.2) is 0 Å². The SMILES string of the molecule is C/C(=C\I)CC[C@@H]1C(/C(=C\C[C@H]2[C@@H](C(C)C)CC[C@]2(C)C=O)CO[Si](c2ccccc2)(c2ccccc2)C(C)(C)C)=CC[C@@H]1C. The van der Waals surface area contributed by atoms with Gasteiger partial charge in [0.15, 0.2) is 0 Å². The average Bonchev–Trinajstić information content (AvgIpc) is 3.57. The summed E-state index contributed by atoms with van der Waals surface area (Å²) >= 11 is 2.38. The van der Waals surface area contributed by atoms with E-state index in [1.54, 1.807) is 0 Å². The number of halogens is 1. The minimum Gasteiger partial charge on any atom is -0.403 e. The summed E-state index contributed by atoms with van der Waals surface area (Å²) < 4.78 is 9.82. The molecule has 2 aromatic rings. The molecule has 0 spiro atoms. The van der Waals surface area contributed by atoms with E-state index >= 15 is 0 Å². The highest BCUT2D eigenvalue weighted by molar-refractivity contribution is 14.1. The van der Waals surface area contributed by atoms with Gasteiger partial charge in [-0.15, -0.1) is 0 Å². The zero-order chi connectivity index (χ0) is 32.8. The molecule has 0 saturated heterocycles. The zero-order valence-electron chi connectivity index (χ0n) is 29.1. The normalized spacial score (nSPS) is 26.4. The van der Waals surface area contributed by atoms with Crippen molar-refractivity contribution in [1.82, 2.24) is 0 Å². The lowest BCUT2D eigenvalue weighted by Crippen LogP contribution is -2.66. The van der Waals surface area contributed by atoms with E-state index < -0.39 is 8.32 Å². The second-order valence-electron chi connectivity index (χ2n) is 15.6. The third kappa shape index (κ3) is 7.87. The first-order valence-electron chi connectivity index (χ1n) is 17.2. The fourth-order valence-corrected chi connectivity index (χ4v) is 13.2. The van der Waals surface area contributed by atoms with Crippen molar-refractivity contribution in [2.24, 2.45) is 35.0 Å². The highest BCUT2D eigenvalue weighted by atomic mass is 127. The van der Waals surface area contributed by atoms with Gasteiger partial charge in [0.1, 0.15) is 6.29 Å². The summed E-state index contributed by atoms with van der Waals surface area (Å²) in [5, 5.41) is 2.56. The second kappa shape index (κ2) is 15.4. The van der Waals surface area contributed by atoms with Gasteiger partial charge in [-0.1, -0.05) is 149 Å². The number of aldehydes is 1. The Morgan fingerprint density at radius 3 is 2.18 bits per heavy atom. The van der Waals surface area contributed by atoms with Crippen LogP contribution in [0.3, 0.4) is 0 Å². The molecule has 244 valence electrons. The van der Waals surface area contributed by atoms with E-state index in [0.717, 1.165) is 32.1 Å². The molecule has 4 rings (SSSR count). The first kappa shape index (κ1) is 36.1. The molecule has 45 heavy (non-hydrogen) atoms. The Morgan fingerprint density at radius 2 is 1.67 bits per heavy atom. The minimum atomic E-state index is -2.71. The number of hydrogen-bond acceptors (Lipinski definition) is 2. The fourth-order valence-electron chi connectivity index (χ4n) is 8.40. The van der Waals surface area contributed by atoms with Gasteiger partial charge < -0.3 is 9.22 Å². The Hall–Kier alpha value is -1.76. The monoisotopic (exact) mass is 736 g/mol. The summed E-state index contributed by atoms with van der Waals surface area (Å²) in [5.74, 6) is 2.64. The predicted molar refractivity (Wildman–Crippen MR) is 204 cm³/mol. The number of allylic oxidation sites excluding steroid dienone is 3. The van der Waals surface area contributed by atoms with Crippen LogP contribution in [-0.4, -0.2) is 21.2 Å². The highest BCUT2D eigenvalue weighted by Gasteiger charge is 2.50. The molecule has 4 heteroatoms. The van der Waals surface area contributed by atoms with Gasteiger partial charge >= 0.3 is 0 Å². The van der Waals surface area contributed by atoms with Crippen molar-refractivity contribution < 1.29 is 9.22 Å². The molecule has 0 heterocycles. The Kier molecular flexibility index (Phi) is 12.4. The maximum atomic E-state index is 12.5. The molecular formula is C41H57IO2Si. The Balaban J connectivity index is 1.79. The summed E-state index contributed by atoms with van der Waals surface area (Å²) in [6.45, 7) is 19.3. The van der Waals surface area contributed by atoms with E-state index in [9.17, 15) is 4.79 Å². The maximum Gasteiger partial charge on any atom is 0.261 e. The fraction of sp³-hybridized carbons (Fsp3) is 0.537. The van der Waals surface area contributed by atoms with Crippen LogP contribution in [0.15, 0.2) is 93.6 Å². The lowest BCUT2D eigenvalue weighted by Gasteiger charge is -2.43. The van der Waals surface area contributed by atoms with Crippen molar-refractivity contribution >= 4 is 47.6 Å². The van der Waals surface area contributed by atoms with Crippen LogP contribution in [0.4, 0.5) is 0 Å². The number of benzene rings is 2. The first-order valence-corrected chi connectivity index (χ1v) is 20.4. The van der Waals surface area contributed by atoms with Crippen molar-refractivity contribution in [3.63, 3.8) is 0 Å². The Morgan fingerprint density at radius 1 is 1.07 bits per heavy atom. The smallest absolute Gasteiger partial charge is 0.261 e. The maximum absolute atomic E-state index is 12.5. The first-order chi connectivity index (χ1) is 21.4. The molecule has 0 aliphatic heterocycles. The minimum absolute atomic E-state index is 0.0793. The lowest BCUT2D eigenvalue weighted by atomic mass is 9.73. The topological polar surface area (TPSA) is 26.3 Å². The molecule has 2 nitrogen and oxygen atoms in total. The molecule has 0 unspecified atom stereocenters. The molecular weight excluding hydrogens is 679 g/mol. The summed E-state index contributed by atoms with van der Waals surface area (Å²) in [4.78, 5) is 12.5. The van der Waals surface area contributed by atoms with Gasteiger partial charge in [-0.3, -0.25) is 0 Å². The van der Waals surface area contributed by atoms with E-state index in [4.69, 9.17) is 4.43 Å². The van der Waals surface area contributed by atoms with Crippen LogP contribution in [0.2, 0.25) is 5.04 Å². The number of hydrogen-bond donors (Lipinski definition) is 0. The van der Waals surface area contributed by atoms with E-state index in [1.807, 2.05) is 0 Å². The standard InChI is InChI=1S/C41H57IO2Si/c1-30(2)36-25-26-41(8,29-43)39(36)24-21-33(38-23-20-32(4)37(38)22-19-31(3)27-42)28-44-45(40(5,6)7,34-15-11-9-12-16-34)35-17-13-10-14-18-35/h9-18,21,23,27,29-30,32,36-37,39H,19-20,22,24-26,28H2,1-8H3/b31-27+,33-21-/t32-,36+,37-,39-,41+/m0/s1. The molecule has 0 radical (unpaired) electrons. The van der Waals surface area contributed by atoms with Crippen molar-refractivity contribution in [3.05, 3.63) is 93.6 Å². The summed E-state index contributed by atoms with van der Waals surface area (Å²) in [7, 11) is -2.71. The molecule has 0 N–H and O–H groups in total. The number of rotatable bonds is 13. The summed E-state index contributed by atoms with van der Waals surface area (Å²) in [6, 6.07) is 22.0. The van der Waals surface area contributed by atoms with Crippen LogP contribution in [0, 0.1) is 35.0 Å². The van der Waals surface area contributed by atoms with Crippen molar-refractivity contribution in [3.8, 4) is 0 Å². The molecule has 2 aliphatic carbocycles. The Labute approximate surface area is 289 Å². The van der Waals surface area contributed by atoms with E-state index in [-0.39, 0.29) is 10.5 Å².